The Morgan fingerprint density at radius 2 is 1.82 bits per heavy atom. The van der Waals surface area contributed by atoms with E-state index in [-0.39, 0.29) is 35.2 Å². The molecule has 180 valence electrons. The van der Waals surface area contributed by atoms with Crippen molar-refractivity contribution in [1.82, 2.24) is 19.9 Å². The molecule has 1 amide bonds. The second-order valence-electron chi connectivity index (χ2n) is 9.35. The highest BCUT2D eigenvalue weighted by Gasteiger charge is 2.32. The van der Waals surface area contributed by atoms with Crippen LogP contribution in [-0.2, 0) is 9.84 Å². The summed E-state index contributed by atoms with van der Waals surface area (Å²) in [6.45, 7) is 1.86. The van der Waals surface area contributed by atoms with Gasteiger partial charge in [0.25, 0.3) is 5.91 Å². The van der Waals surface area contributed by atoms with Gasteiger partial charge in [-0.15, -0.1) is 0 Å². The molecular weight excluding hydrogens is 452 g/mol. The van der Waals surface area contributed by atoms with E-state index >= 15 is 0 Å². The van der Waals surface area contributed by atoms with E-state index in [0.717, 1.165) is 42.5 Å². The average molecular weight is 483 g/mol. The van der Waals surface area contributed by atoms with Gasteiger partial charge in [0.05, 0.1) is 35.9 Å². The van der Waals surface area contributed by atoms with Gasteiger partial charge in [-0.3, -0.25) is 4.79 Å². The number of aryl methyl sites for hydroxylation is 1. The molecule has 0 bridgehead atoms. The lowest BCUT2D eigenvalue weighted by Crippen LogP contribution is -2.36. The number of nitrogens with zero attached hydrogens (tertiary/aromatic N) is 3. The highest BCUT2D eigenvalue weighted by atomic mass is 32.2. The van der Waals surface area contributed by atoms with Gasteiger partial charge in [-0.1, -0.05) is 19.3 Å². The standard InChI is InChI=1S/C25H30N4O4S/c1-16-26-23-22(29(16)19-12-13-34(31,32)15-19)14-21(17-8-10-20(33-2)11-9-17)28-24(23)25(30)27-18-6-4-3-5-7-18/h8-11,14,18-19H,3-7,12-13,15H2,1-2H3,(H,27,30). The van der Waals surface area contributed by atoms with Gasteiger partial charge >= 0.3 is 0 Å². The van der Waals surface area contributed by atoms with E-state index in [9.17, 15) is 13.2 Å². The minimum atomic E-state index is -3.08. The number of hydrogen-bond donors (Lipinski definition) is 1. The molecule has 3 aromatic rings. The van der Waals surface area contributed by atoms with E-state index in [0.29, 0.717) is 23.5 Å². The number of amides is 1. The molecule has 1 unspecified atom stereocenters. The highest BCUT2D eigenvalue weighted by molar-refractivity contribution is 7.91. The van der Waals surface area contributed by atoms with Crippen molar-refractivity contribution in [3.05, 3.63) is 41.9 Å². The predicted octanol–water partition coefficient (Wildman–Crippen LogP) is 3.84. The molecule has 34 heavy (non-hydrogen) atoms. The Hall–Kier alpha value is -2.94. The normalized spacial score (nSPS) is 20.5. The number of methoxy groups -OCH3 is 1. The first-order chi connectivity index (χ1) is 16.3. The fraction of sp³-hybridized carbons (Fsp3) is 0.480. The number of aromatic nitrogens is 3. The number of pyridine rings is 1. The van der Waals surface area contributed by atoms with Gasteiger partial charge in [0.2, 0.25) is 0 Å². The monoisotopic (exact) mass is 482 g/mol. The summed E-state index contributed by atoms with van der Waals surface area (Å²) in [6, 6.07) is 9.39. The minimum absolute atomic E-state index is 0.0864. The Labute approximate surface area is 199 Å². The van der Waals surface area contributed by atoms with Gasteiger partial charge in [0.15, 0.2) is 15.5 Å². The highest BCUT2D eigenvalue weighted by Crippen LogP contribution is 2.33. The Kier molecular flexibility index (Phi) is 6.06. The number of sulfone groups is 1. The zero-order valence-electron chi connectivity index (χ0n) is 19.6. The molecule has 2 fully saturated rings. The zero-order valence-corrected chi connectivity index (χ0v) is 20.4. The first-order valence-corrected chi connectivity index (χ1v) is 13.7. The summed E-state index contributed by atoms with van der Waals surface area (Å²) in [5.74, 6) is 1.45. The first kappa shape index (κ1) is 22.8. The summed E-state index contributed by atoms with van der Waals surface area (Å²) < 4.78 is 31.7. The maximum atomic E-state index is 13.4. The Morgan fingerprint density at radius 1 is 1.09 bits per heavy atom. The second kappa shape index (κ2) is 9.02. The number of carbonyl (C=O) groups is 1. The Morgan fingerprint density at radius 3 is 2.47 bits per heavy atom. The molecule has 1 atom stereocenters. The van der Waals surface area contributed by atoms with Gasteiger partial charge in [0, 0.05) is 11.6 Å². The molecule has 1 aromatic carbocycles. The van der Waals surface area contributed by atoms with E-state index in [1.54, 1.807) is 7.11 Å². The van der Waals surface area contributed by atoms with E-state index in [4.69, 9.17) is 14.7 Å². The number of imidazole rings is 1. The average Bonchev–Trinajstić information content (AvgIpc) is 3.36. The van der Waals surface area contributed by atoms with E-state index in [1.807, 2.05) is 41.8 Å². The number of rotatable bonds is 5. The van der Waals surface area contributed by atoms with Gasteiger partial charge in [-0.05, 0) is 56.5 Å². The molecule has 0 radical (unpaired) electrons. The van der Waals surface area contributed by atoms with Crippen molar-refractivity contribution in [2.24, 2.45) is 0 Å². The number of ether oxygens (including phenoxy) is 1. The van der Waals surface area contributed by atoms with Gasteiger partial charge in [-0.2, -0.15) is 0 Å². The molecule has 8 nitrogen and oxygen atoms in total. The summed E-state index contributed by atoms with van der Waals surface area (Å²) in [4.78, 5) is 22.9. The first-order valence-electron chi connectivity index (χ1n) is 11.9. The van der Waals surface area contributed by atoms with Crippen LogP contribution < -0.4 is 10.1 Å². The molecule has 1 saturated heterocycles. The number of benzene rings is 1. The molecule has 9 heteroatoms. The van der Waals surface area contributed by atoms with Crippen molar-refractivity contribution < 1.29 is 17.9 Å². The van der Waals surface area contributed by atoms with E-state index < -0.39 is 9.84 Å². The number of nitrogens with one attached hydrogen (secondary N) is 1. The van der Waals surface area contributed by atoms with Crippen molar-refractivity contribution in [2.75, 3.05) is 18.6 Å². The summed E-state index contributed by atoms with van der Waals surface area (Å²) in [7, 11) is -1.46. The lowest BCUT2D eigenvalue weighted by Gasteiger charge is -2.22. The molecule has 1 saturated carbocycles. The SMILES string of the molecule is COc1ccc(-c2cc3c(nc(C)n3C3CCS(=O)(=O)C3)c(C(=O)NC3CCCCC3)n2)cc1. The summed E-state index contributed by atoms with van der Waals surface area (Å²) in [6.07, 6.45) is 5.92. The molecule has 0 spiro atoms. The van der Waals surface area contributed by atoms with Crippen molar-refractivity contribution >= 4 is 26.8 Å². The Bertz CT molecular complexity index is 1330. The molecule has 1 aliphatic carbocycles. The largest absolute Gasteiger partial charge is 0.497 e. The van der Waals surface area contributed by atoms with E-state index in [2.05, 4.69) is 5.32 Å². The third-order valence-electron chi connectivity index (χ3n) is 6.97. The summed E-state index contributed by atoms with van der Waals surface area (Å²) in [5.41, 5.74) is 3.04. The topological polar surface area (TPSA) is 103 Å². The fourth-order valence-electron chi connectivity index (χ4n) is 5.22. The van der Waals surface area contributed by atoms with Gasteiger partial charge < -0.3 is 14.6 Å². The number of carbonyl (C=O) groups excluding carboxylic acids is 1. The van der Waals surface area contributed by atoms with Crippen molar-refractivity contribution in [1.29, 1.82) is 0 Å². The van der Waals surface area contributed by atoms with Crippen LogP contribution in [-0.4, -0.2) is 53.5 Å². The number of hydrogen-bond acceptors (Lipinski definition) is 6. The minimum Gasteiger partial charge on any atom is -0.497 e. The van der Waals surface area contributed by atoms with Crippen LogP contribution in [0.3, 0.4) is 0 Å². The Balaban J connectivity index is 1.62. The molecular formula is C25H30N4O4S. The van der Waals surface area contributed by atoms with Crippen molar-refractivity contribution in [3.8, 4) is 17.0 Å². The van der Waals surface area contributed by atoms with Crippen LogP contribution in [0.1, 0.15) is 60.9 Å². The van der Waals surface area contributed by atoms with Crippen LogP contribution >= 0.6 is 0 Å². The lowest BCUT2D eigenvalue weighted by molar-refractivity contribution is 0.0924. The van der Waals surface area contributed by atoms with Gasteiger partial charge in [-0.25, -0.2) is 18.4 Å². The molecule has 2 aliphatic rings. The quantitative estimate of drug-likeness (QED) is 0.593. The predicted molar refractivity (Wildman–Crippen MR) is 131 cm³/mol. The number of fused-ring (bicyclic) bond motifs is 1. The van der Waals surface area contributed by atoms with Crippen LogP contribution in [0.25, 0.3) is 22.3 Å². The molecule has 3 heterocycles. The summed E-state index contributed by atoms with van der Waals surface area (Å²) >= 11 is 0. The maximum absolute atomic E-state index is 13.4. The van der Waals surface area contributed by atoms with Crippen LogP contribution in [0.15, 0.2) is 30.3 Å². The molecule has 2 aromatic heterocycles. The van der Waals surface area contributed by atoms with Crippen molar-refractivity contribution in [3.63, 3.8) is 0 Å². The van der Waals surface area contributed by atoms with Crippen LogP contribution in [0.2, 0.25) is 0 Å². The van der Waals surface area contributed by atoms with E-state index in [1.165, 1.54) is 6.42 Å². The fourth-order valence-corrected chi connectivity index (χ4v) is 6.92. The van der Waals surface area contributed by atoms with Crippen LogP contribution in [0, 0.1) is 6.92 Å². The second-order valence-corrected chi connectivity index (χ2v) is 11.6. The maximum Gasteiger partial charge on any atom is 0.272 e. The third kappa shape index (κ3) is 4.41. The van der Waals surface area contributed by atoms with Crippen LogP contribution in [0.5, 0.6) is 5.75 Å². The molecule has 5 rings (SSSR count). The smallest absolute Gasteiger partial charge is 0.272 e. The summed E-state index contributed by atoms with van der Waals surface area (Å²) in [5, 5.41) is 3.17. The van der Waals surface area contributed by atoms with Crippen LogP contribution in [0.4, 0.5) is 0 Å². The van der Waals surface area contributed by atoms with Crippen molar-refractivity contribution in [2.45, 2.75) is 57.5 Å². The lowest BCUT2D eigenvalue weighted by atomic mass is 9.95. The zero-order chi connectivity index (χ0) is 23.9. The molecule has 1 N–H and O–H groups in total. The molecule has 1 aliphatic heterocycles. The third-order valence-corrected chi connectivity index (χ3v) is 8.72. The van der Waals surface area contributed by atoms with Gasteiger partial charge in [0.1, 0.15) is 17.1 Å².